The first kappa shape index (κ1) is 29.5. The molecule has 1 aliphatic heterocycles. The second kappa shape index (κ2) is 13.3. The van der Waals surface area contributed by atoms with E-state index >= 15 is 0 Å². The number of benzene rings is 2. The van der Waals surface area contributed by atoms with Crippen LogP contribution in [0.25, 0.3) is 11.3 Å². The highest BCUT2D eigenvalue weighted by atomic mass is 32.2. The maximum absolute atomic E-state index is 13.9. The number of pyridine rings is 1. The molecule has 42 heavy (non-hydrogen) atoms. The summed E-state index contributed by atoms with van der Waals surface area (Å²) >= 11 is 1.54. The molecule has 3 N–H and O–H groups in total. The van der Waals surface area contributed by atoms with Gasteiger partial charge in [-0.05, 0) is 42.3 Å². The highest BCUT2D eigenvalue weighted by molar-refractivity contribution is 7.71. The molecule has 0 spiro atoms. The van der Waals surface area contributed by atoms with Crippen molar-refractivity contribution < 1.29 is 17.5 Å². The van der Waals surface area contributed by atoms with Crippen LogP contribution in [0.2, 0.25) is 0 Å². The van der Waals surface area contributed by atoms with E-state index in [2.05, 4.69) is 15.3 Å². The van der Waals surface area contributed by atoms with Crippen LogP contribution in [0.15, 0.2) is 71.2 Å². The molecule has 2 aromatic carbocycles. The largest absolute Gasteiger partial charge is 0.496 e. The second-order valence-electron chi connectivity index (χ2n) is 9.93. The summed E-state index contributed by atoms with van der Waals surface area (Å²) in [6.45, 7) is 1.12. The average Bonchev–Trinajstić information content (AvgIpc) is 3.44. The molecule has 0 bridgehead atoms. The highest BCUT2D eigenvalue weighted by Gasteiger charge is 2.33. The number of aliphatic imine (C=N–C) groups is 1. The summed E-state index contributed by atoms with van der Waals surface area (Å²) in [7, 11) is -0.684. The first-order chi connectivity index (χ1) is 20.3. The van der Waals surface area contributed by atoms with E-state index in [-0.39, 0.29) is 5.82 Å². The summed E-state index contributed by atoms with van der Waals surface area (Å²) in [4.78, 5) is 15.5. The van der Waals surface area contributed by atoms with Crippen molar-refractivity contribution in [3.05, 3.63) is 93.8 Å². The van der Waals surface area contributed by atoms with Crippen molar-refractivity contribution in [1.82, 2.24) is 14.9 Å². The standard InChI is InChI=1S/C30H31FN6O3S2/c1-40-28-16-26-25(30(32,35-19-34-26)17-21-6-4-7-22(31)14-21)15-24(28)27-18-41-29(36-27)9-5-12-37(20-42(38)39)13-10-23-8-2-3-11-33-23/h2-4,6-8,11,14-16,18-20H,5,9-10,12-13,17,32H2,1H3,(H,34,35). The summed E-state index contributed by atoms with van der Waals surface area (Å²) in [6, 6.07) is 15.9. The van der Waals surface area contributed by atoms with Gasteiger partial charge in [0.1, 0.15) is 22.7 Å². The van der Waals surface area contributed by atoms with Gasteiger partial charge in [0.05, 0.1) is 24.1 Å². The van der Waals surface area contributed by atoms with Crippen LogP contribution >= 0.6 is 11.3 Å². The van der Waals surface area contributed by atoms with Gasteiger partial charge < -0.3 is 15.8 Å². The molecule has 0 saturated heterocycles. The summed E-state index contributed by atoms with van der Waals surface area (Å²) in [6.07, 6.45) is 5.66. The molecular weight excluding hydrogens is 576 g/mol. The smallest absolute Gasteiger partial charge is 0.225 e. The van der Waals surface area contributed by atoms with Crippen molar-refractivity contribution in [1.29, 1.82) is 0 Å². The minimum atomic E-state index is -2.29. The molecule has 1 aliphatic rings. The van der Waals surface area contributed by atoms with Crippen LogP contribution in [-0.4, -0.2) is 55.3 Å². The number of thiazole rings is 1. The molecule has 12 heteroatoms. The van der Waals surface area contributed by atoms with Crippen LogP contribution in [0.1, 0.15) is 28.2 Å². The van der Waals surface area contributed by atoms with Crippen LogP contribution < -0.4 is 15.8 Å². The SMILES string of the molecule is COc1cc2c(cc1-c1csc(CCCN(C=S(=O)=O)CCc3ccccn3)n1)C(N)(Cc1cccc(F)c1)N=CN2. The Morgan fingerprint density at radius 3 is 2.79 bits per heavy atom. The van der Waals surface area contributed by atoms with Gasteiger partial charge in [0.25, 0.3) is 0 Å². The molecule has 5 rings (SSSR count). The van der Waals surface area contributed by atoms with Crippen LogP contribution in [0.5, 0.6) is 5.75 Å². The van der Waals surface area contributed by atoms with E-state index < -0.39 is 16.0 Å². The van der Waals surface area contributed by atoms with E-state index in [0.717, 1.165) is 45.2 Å². The Morgan fingerprint density at radius 1 is 1.14 bits per heavy atom. The van der Waals surface area contributed by atoms with E-state index in [1.165, 1.54) is 29.0 Å². The zero-order valence-electron chi connectivity index (χ0n) is 23.0. The molecule has 0 aliphatic carbocycles. The number of anilines is 1. The van der Waals surface area contributed by atoms with Crippen molar-refractivity contribution in [2.24, 2.45) is 10.7 Å². The molecule has 0 saturated carbocycles. The molecule has 0 amide bonds. The summed E-state index contributed by atoms with van der Waals surface area (Å²) in [5.74, 6) is 0.310. The number of nitrogens with one attached hydrogen (secondary N) is 1. The monoisotopic (exact) mass is 606 g/mol. The number of fused-ring (bicyclic) bond motifs is 1. The lowest BCUT2D eigenvalue weighted by Gasteiger charge is -2.32. The highest BCUT2D eigenvalue weighted by Crippen LogP contribution is 2.41. The average molecular weight is 607 g/mol. The lowest BCUT2D eigenvalue weighted by molar-refractivity contribution is 0.414. The number of methoxy groups -OCH3 is 1. The van der Waals surface area contributed by atoms with Crippen molar-refractivity contribution in [3.63, 3.8) is 0 Å². The summed E-state index contributed by atoms with van der Waals surface area (Å²) in [5, 5.41) is 6.04. The lowest BCUT2D eigenvalue weighted by Crippen LogP contribution is -2.40. The van der Waals surface area contributed by atoms with E-state index in [0.29, 0.717) is 38.1 Å². The summed E-state index contributed by atoms with van der Waals surface area (Å²) < 4.78 is 42.3. The molecular formula is C30H31FN6O3S2. The zero-order chi connectivity index (χ0) is 29.5. The predicted octanol–water partition coefficient (Wildman–Crippen LogP) is 4.28. The number of nitrogens with two attached hydrogens (primary N) is 1. The molecule has 3 heterocycles. The normalized spacial score (nSPS) is 15.7. The lowest BCUT2D eigenvalue weighted by atomic mass is 9.89. The molecule has 9 nitrogen and oxygen atoms in total. The third kappa shape index (κ3) is 7.26. The maximum atomic E-state index is 13.9. The van der Waals surface area contributed by atoms with Gasteiger partial charge >= 0.3 is 0 Å². The van der Waals surface area contributed by atoms with Gasteiger partial charge in [-0.25, -0.2) is 14.4 Å². The molecule has 1 atom stereocenters. The van der Waals surface area contributed by atoms with Crippen LogP contribution in [0.4, 0.5) is 10.1 Å². The zero-order valence-corrected chi connectivity index (χ0v) is 24.7. The molecule has 0 radical (unpaired) electrons. The fraction of sp³-hybridized carbons (Fsp3) is 0.267. The molecule has 4 aromatic rings. The third-order valence-corrected chi connectivity index (χ3v) is 8.34. The van der Waals surface area contributed by atoms with Gasteiger partial charge in [0.15, 0.2) is 0 Å². The quantitative estimate of drug-likeness (QED) is 0.229. The van der Waals surface area contributed by atoms with E-state index in [9.17, 15) is 12.8 Å². The summed E-state index contributed by atoms with van der Waals surface area (Å²) in [5.41, 5.74) is 11.6. The van der Waals surface area contributed by atoms with Crippen LogP contribution in [0.3, 0.4) is 0 Å². The number of halogens is 1. The Hall–Kier alpha value is -3.97. The number of ether oxygens (including phenoxy) is 1. The van der Waals surface area contributed by atoms with Gasteiger partial charge in [0.2, 0.25) is 10.3 Å². The van der Waals surface area contributed by atoms with Crippen molar-refractivity contribution in [3.8, 4) is 17.0 Å². The minimum absolute atomic E-state index is 0.312. The Labute approximate surface area is 249 Å². The topological polar surface area (TPSA) is 123 Å². The first-order valence-corrected chi connectivity index (χ1v) is 15.4. The van der Waals surface area contributed by atoms with Crippen LogP contribution in [-0.2, 0) is 35.2 Å². The van der Waals surface area contributed by atoms with E-state index in [4.69, 9.17) is 15.5 Å². The Kier molecular flexibility index (Phi) is 9.38. The van der Waals surface area contributed by atoms with E-state index in [1.54, 1.807) is 30.6 Å². The van der Waals surface area contributed by atoms with Crippen molar-refractivity contribution in [2.45, 2.75) is 31.3 Å². The second-order valence-corrected chi connectivity index (χ2v) is 11.6. The maximum Gasteiger partial charge on any atom is 0.225 e. The number of hydrogen-bond acceptors (Lipinski definition) is 9. The van der Waals surface area contributed by atoms with Crippen LogP contribution in [0, 0.1) is 5.82 Å². The fourth-order valence-corrected chi connectivity index (χ4v) is 6.23. The number of aromatic nitrogens is 2. The van der Waals surface area contributed by atoms with Crippen molar-refractivity contribution in [2.75, 3.05) is 25.5 Å². The molecule has 1 unspecified atom stereocenters. The van der Waals surface area contributed by atoms with Gasteiger partial charge in [-0.1, -0.05) is 18.2 Å². The Balaban J connectivity index is 1.31. The first-order valence-electron chi connectivity index (χ1n) is 13.4. The van der Waals surface area contributed by atoms with Gasteiger partial charge in [-0.2, -0.15) is 8.42 Å². The van der Waals surface area contributed by atoms with E-state index in [1.807, 2.05) is 41.8 Å². The minimum Gasteiger partial charge on any atom is -0.496 e. The third-order valence-electron chi connectivity index (χ3n) is 6.96. The Morgan fingerprint density at radius 2 is 2.02 bits per heavy atom. The van der Waals surface area contributed by atoms with Gasteiger partial charge in [0, 0.05) is 72.5 Å². The Bertz CT molecular complexity index is 1700. The fourth-order valence-electron chi connectivity index (χ4n) is 4.94. The van der Waals surface area contributed by atoms with Gasteiger partial charge in [-0.3, -0.25) is 9.88 Å². The van der Waals surface area contributed by atoms with Crippen molar-refractivity contribution >= 4 is 39.1 Å². The number of aryl methyl sites for hydroxylation is 1. The number of nitrogens with zero attached hydrogens (tertiary/aromatic N) is 4. The number of hydrogen-bond donors (Lipinski definition) is 2. The number of rotatable bonds is 12. The van der Waals surface area contributed by atoms with Gasteiger partial charge in [-0.15, -0.1) is 11.3 Å². The predicted molar refractivity (Wildman–Crippen MR) is 165 cm³/mol. The molecule has 218 valence electrons. The molecule has 0 fully saturated rings. The molecule has 2 aromatic heterocycles.